The SMILES string of the molecule is CC(C)(C)[Si](C)(C)O[C@H]1[C@@H]2C(=O)CC[C@@H]2C[C@H]1O[Si](C)(C)C(C)(C)C. The molecule has 2 fully saturated rings. The summed E-state index contributed by atoms with van der Waals surface area (Å²) in [6.07, 6.45) is 2.82. The lowest BCUT2D eigenvalue weighted by Crippen LogP contribution is -2.52. The number of ketones is 1. The van der Waals surface area contributed by atoms with Gasteiger partial charge in [0.1, 0.15) is 5.78 Å². The van der Waals surface area contributed by atoms with Crippen LogP contribution in [0.2, 0.25) is 36.3 Å². The van der Waals surface area contributed by atoms with Crippen molar-refractivity contribution in [2.75, 3.05) is 0 Å². The van der Waals surface area contributed by atoms with Gasteiger partial charge in [-0.1, -0.05) is 41.5 Å². The average molecular weight is 385 g/mol. The van der Waals surface area contributed by atoms with E-state index in [0.29, 0.717) is 11.7 Å². The molecule has 0 bridgehead atoms. The summed E-state index contributed by atoms with van der Waals surface area (Å²) in [5.74, 6) is 0.955. The van der Waals surface area contributed by atoms with Crippen LogP contribution in [0.5, 0.6) is 0 Å². The first kappa shape index (κ1) is 21.3. The summed E-state index contributed by atoms with van der Waals surface area (Å²) in [4.78, 5) is 12.6. The molecule has 5 heteroatoms. The lowest BCUT2D eigenvalue weighted by molar-refractivity contribution is -0.124. The topological polar surface area (TPSA) is 35.5 Å². The zero-order chi connectivity index (χ0) is 19.4. The molecule has 25 heavy (non-hydrogen) atoms. The van der Waals surface area contributed by atoms with Crippen molar-refractivity contribution in [2.24, 2.45) is 11.8 Å². The molecule has 0 aromatic heterocycles. The number of rotatable bonds is 4. The highest BCUT2D eigenvalue weighted by Crippen LogP contribution is 2.50. The summed E-state index contributed by atoms with van der Waals surface area (Å²) in [7, 11) is -3.82. The van der Waals surface area contributed by atoms with Crippen molar-refractivity contribution in [1.29, 1.82) is 0 Å². The van der Waals surface area contributed by atoms with Crippen molar-refractivity contribution in [1.82, 2.24) is 0 Å². The highest BCUT2D eigenvalue weighted by Gasteiger charge is 2.55. The molecule has 0 amide bonds. The van der Waals surface area contributed by atoms with Gasteiger partial charge >= 0.3 is 0 Å². The number of Topliss-reactive ketones (excluding diaryl/α,β-unsaturated/α-hetero) is 1. The Morgan fingerprint density at radius 3 is 1.84 bits per heavy atom. The molecule has 0 aromatic carbocycles. The third-order valence-electron chi connectivity index (χ3n) is 7.39. The van der Waals surface area contributed by atoms with Crippen LogP contribution >= 0.6 is 0 Å². The van der Waals surface area contributed by atoms with Crippen molar-refractivity contribution in [3.63, 3.8) is 0 Å². The Kier molecular flexibility index (Phi) is 5.60. The van der Waals surface area contributed by atoms with Crippen LogP contribution < -0.4 is 0 Å². The van der Waals surface area contributed by atoms with E-state index in [4.69, 9.17) is 8.85 Å². The molecule has 2 saturated carbocycles. The summed E-state index contributed by atoms with van der Waals surface area (Å²) < 4.78 is 13.6. The summed E-state index contributed by atoms with van der Waals surface area (Å²) in [6, 6.07) is 0. The number of hydrogen-bond donors (Lipinski definition) is 0. The third-order valence-corrected chi connectivity index (χ3v) is 16.4. The Morgan fingerprint density at radius 1 is 0.880 bits per heavy atom. The van der Waals surface area contributed by atoms with Crippen LogP contribution in [0.1, 0.15) is 60.8 Å². The zero-order valence-electron chi connectivity index (χ0n) is 18.2. The maximum atomic E-state index is 12.6. The van der Waals surface area contributed by atoms with Gasteiger partial charge in [-0.25, -0.2) is 0 Å². The van der Waals surface area contributed by atoms with Crippen LogP contribution in [0, 0.1) is 11.8 Å². The number of carbonyl (C=O) groups is 1. The molecule has 4 atom stereocenters. The molecule has 146 valence electrons. The van der Waals surface area contributed by atoms with Gasteiger partial charge in [0.15, 0.2) is 16.6 Å². The smallest absolute Gasteiger partial charge is 0.192 e. The molecule has 0 heterocycles. The van der Waals surface area contributed by atoms with Crippen molar-refractivity contribution in [3.05, 3.63) is 0 Å². The Morgan fingerprint density at radius 2 is 1.36 bits per heavy atom. The van der Waals surface area contributed by atoms with Gasteiger partial charge in [0.05, 0.1) is 12.2 Å². The van der Waals surface area contributed by atoms with E-state index in [1.165, 1.54) is 0 Å². The minimum absolute atomic E-state index is 0.0324. The maximum Gasteiger partial charge on any atom is 0.192 e. The number of fused-ring (bicyclic) bond motifs is 1. The van der Waals surface area contributed by atoms with Gasteiger partial charge in [0, 0.05) is 12.3 Å². The first-order valence-corrected chi connectivity index (χ1v) is 15.8. The van der Waals surface area contributed by atoms with Gasteiger partial charge in [-0.05, 0) is 55.0 Å². The quantitative estimate of drug-likeness (QED) is 0.577. The van der Waals surface area contributed by atoms with Gasteiger partial charge < -0.3 is 8.85 Å². The Bertz CT molecular complexity index is 514. The summed E-state index contributed by atoms with van der Waals surface area (Å²) in [6.45, 7) is 22.9. The second-order valence-electron chi connectivity index (χ2n) is 11.3. The molecule has 3 nitrogen and oxygen atoms in total. The highest BCUT2D eigenvalue weighted by molar-refractivity contribution is 6.74. The molecular formula is C20H40O3Si2. The fourth-order valence-electron chi connectivity index (χ4n) is 3.65. The van der Waals surface area contributed by atoms with Gasteiger partial charge in [0.25, 0.3) is 0 Å². The first-order valence-electron chi connectivity index (χ1n) is 9.95. The predicted molar refractivity (Wildman–Crippen MR) is 110 cm³/mol. The van der Waals surface area contributed by atoms with E-state index in [1.807, 2.05) is 0 Å². The lowest BCUT2D eigenvalue weighted by atomic mass is 9.99. The fourth-order valence-corrected chi connectivity index (χ4v) is 6.33. The van der Waals surface area contributed by atoms with E-state index in [9.17, 15) is 4.79 Å². The Balaban J connectivity index is 2.28. The molecule has 0 aromatic rings. The molecule has 0 N–H and O–H groups in total. The molecule has 2 rings (SSSR count). The average Bonchev–Trinajstić information content (AvgIpc) is 2.88. The van der Waals surface area contributed by atoms with E-state index in [0.717, 1.165) is 19.3 Å². The second kappa shape index (κ2) is 6.57. The van der Waals surface area contributed by atoms with Crippen molar-refractivity contribution in [2.45, 2.75) is 109 Å². The minimum Gasteiger partial charge on any atom is -0.411 e. The molecule has 0 unspecified atom stereocenters. The molecule has 0 saturated heterocycles. The lowest BCUT2D eigenvalue weighted by Gasteiger charge is -2.44. The third kappa shape index (κ3) is 4.14. The van der Waals surface area contributed by atoms with Crippen molar-refractivity contribution >= 4 is 22.4 Å². The zero-order valence-corrected chi connectivity index (χ0v) is 20.2. The normalized spacial score (nSPS) is 31.5. The minimum atomic E-state index is -1.94. The number of carbonyl (C=O) groups excluding carboxylic acids is 1. The van der Waals surface area contributed by atoms with E-state index >= 15 is 0 Å². The molecular weight excluding hydrogens is 344 g/mol. The van der Waals surface area contributed by atoms with Crippen molar-refractivity contribution in [3.8, 4) is 0 Å². The number of hydrogen-bond acceptors (Lipinski definition) is 3. The van der Waals surface area contributed by atoms with Gasteiger partial charge in [-0.3, -0.25) is 4.79 Å². The Labute approximate surface area is 157 Å². The molecule has 0 spiro atoms. The molecule has 0 aliphatic heterocycles. The fraction of sp³-hybridized carbons (Fsp3) is 0.950. The molecule has 2 aliphatic carbocycles. The maximum absolute atomic E-state index is 12.6. The van der Waals surface area contributed by atoms with Crippen LogP contribution in [0.4, 0.5) is 0 Å². The van der Waals surface area contributed by atoms with Gasteiger partial charge in [-0.15, -0.1) is 0 Å². The largest absolute Gasteiger partial charge is 0.411 e. The standard InChI is InChI=1S/C20H40O3Si2/c1-19(2,3)24(7,8)22-16-13-14-11-12-15(21)17(14)18(16)23-25(9,10)20(4,5)6/h14,16-18H,11-13H2,1-10H3/t14-,16-,17+,18-/m1/s1. The van der Waals surface area contributed by atoms with Gasteiger partial charge in [0.2, 0.25) is 0 Å². The molecule has 0 radical (unpaired) electrons. The molecule has 2 aliphatic rings. The highest BCUT2D eigenvalue weighted by atomic mass is 28.4. The van der Waals surface area contributed by atoms with Crippen molar-refractivity contribution < 1.29 is 13.6 Å². The van der Waals surface area contributed by atoms with E-state index < -0.39 is 16.6 Å². The summed E-state index contributed by atoms with van der Waals surface area (Å²) >= 11 is 0. The Hall–Kier alpha value is 0.0238. The first-order chi connectivity index (χ1) is 11.1. The van der Waals surface area contributed by atoms with Gasteiger partial charge in [-0.2, -0.15) is 0 Å². The van der Waals surface area contributed by atoms with E-state index in [2.05, 4.69) is 67.7 Å². The summed E-state index contributed by atoms with van der Waals surface area (Å²) in [5.41, 5.74) is 0. The second-order valence-corrected chi connectivity index (χ2v) is 20.8. The monoisotopic (exact) mass is 384 g/mol. The summed E-state index contributed by atoms with van der Waals surface area (Å²) in [5, 5.41) is 0.324. The van der Waals surface area contributed by atoms with Crippen LogP contribution in [-0.2, 0) is 13.6 Å². The van der Waals surface area contributed by atoms with E-state index in [-0.39, 0.29) is 28.2 Å². The van der Waals surface area contributed by atoms with E-state index in [1.54, 1.807) is 0 Å². The van der Waals surface area contributed by atoms with Crippen LogP contribution in [0.15, 0.2) is 0 Å². The van der Waals surface area contributed by atoms with Crippen LogP contribution in [0.3, 0.4) is 0 Å². The van der Waals surface area contributed by atoms with Crippen LogP contribution in [-0.4, -0.2) is 34.6 Å². The van der Waals surface area contributed by atoms with Crippen LogP contribution in [0.25, 0.3) is 0 Å². The predicted octanol–water partition coefficient (Wildman–Crippen LogP) is 5.77.